The minimum atomic E-state index is -1.03. The zero-order valence-electron chi connectivity index (χ0n) is 8.48. The van der Waals surface area contributed by atoms with Crippen LogP contribution in [0.25, 0.3) is 0 Å². The molecule has 0 heterocycles. The number of benzene rings is 1. The Bertz CT molecular complexity index is 263. The van der Waals surface area contributed by atoms with Gasteiger partial charge >= 0.3 is 0 Å². The number of nitrogens with two attached hydrogens (primary N) is 1. The fourth-order valence-electron chi connectivity index (χ4n) is 1.01. The molecule has 0 aliphatic carbocycles. The lowest BCUT2D eigenvalue weighted by Crippen LogP contribution is -2.34. The van der Waals surface area contributed by atoms with Crippen LogP contribution in [0, 0.1) is 5.92 Å². The molecule has 2 atom stereocenters. The smallest absolute Gasteiger partial charge is 0.165 e. The Morgan fingerprint density at radius 2 is 1.79 bits per heavy atom. The van der Waals surface area contributed by atoms with Crippen molar-refractivity contribution >= 4 is 11.8 Å². The van der Waals surface area contributed by atoms with Crippen LogP contribution in [0.2, 0.25) is 0 Å². The summed E-state index contributed by atoms with van der Waals surface area (Å²) in [5, 5.41) is 0. The van der Waals surface area contributed by atoms with Crippen molar-refractivity contribution in [3.8, 4) is 0 Å². The predicted molar refractivity (Wildman–Crippen MR) is 60.0 cm³/mol. The van der Waals surface area contributed by atoms with Crippen LogP contribution < -0.4 is 5.73 Å². The van der Waals surface area contributed by atoms with Crippen LogP contribution in [0.1, 0.15) is 13.8 Å². The van der Waals surface area contributed by atoms with Crippen LogP contribution in [0.3, 0.4) is 0 Å². The van der Waals surface area contributed by atoms with E-state index in [9.17, 15) is 4.39 Å². The van der Waals surface area contributed by atoms with Gasteiger partial charge in [0.25, 0.3) is 0 Å². The highest BCUT2D eigenvalue weighted by molar-refractivity contribution is 7.99. The maximum absolute atomic E-state index is 13.6. The summed E-state index contributed by atoms with van der Waals surface area (Å²) in [4.78, 5) is 0.927. The molecule has 0 aliphatic heterocycles. The van der Waals surface area contributed by atoms with Gasteiger partial charge in [-0.15, -0.1) is 0 Å². The molecule has 0 aliphatic rings. The Hall–Kier alpha value is -0.540. The van der Waals surface area contributed by atoms with Gasteiger partial charge in [0.05, 0.1) is 0 Å². The Morgan fingerprint density at radius 1 is 1.21 bits per heavy atom. The summed E-state index contributed by atoms with van der Waals surface area (Å²) in [6.45, 7) is 3.87. The maximum Gasteiger partial charge on any atom is 0.165 e. The summed E-state index contributed by atoms with van der Waals surface area (Å²) in [6.07, 6.45) is 0. The van der Waals surface area contributed by atoms with Gasteiger partial charge in [0.2, 0.25) is 0 Å². The van der Waals surface area contributed by atoms with E-state index in [0.29, 0.717) is 0 Å². The molecule has 2 N–H and O–H groups in total. The third-order valence-electron chi connectivity index (χ3n) is 2.06. The van der Waals surface area contributed by atoms with Crippen LogP contribution in [-0.4, -0.2) is 11.5 Å². The van der Waals surface area contributed by atoms with Crippen molar-refractivity contribution in [1.82, 2.24) is 0 Å². The second kappa shape index (κ2) is 5.37. The number of alkyl halides is 1. The molecule has 0 fully saturated rings. The fourth-order valence-corrected chi connectivity index (χ4v) is 2.06. The van der Waals surface area contributed by atoms with E-state index in [1.807, 2.05) is 44.2 Å². The summed E-state index contributed by atoms with van der Waals surface area (Å²) in [5.41, 5.74) is 4.68. The Labute approximate surface area is 88.9 Å². The summed E-state index contributed by atoms with van der Waals surface area (Å²) >= 11 is 1.19. The quantitative estimate of drug-likeness (QED) is 0.778. The number of hydrogen-bond donors (Lipinski definition) is 1. The van der Waals surface area contributed by atoms with Gasteiger partial charge in [0.15, 0.2) is 5.50 Å². The van der Waals surface area contributed by atoms with Gasteiger partial charge in [0.1, 0.15) is 0 Å². The largest absolute Gasteiger partial charge is 0.324 e. The molecular formula is C11H16FNS. The Morgan fingerprint density at radius 3 is 2.29 bits per heavy atom. The van der Waals surface area contributed by atoms with Crippen molar-refractivity contribution in [2.45, 2.75) is 30.3 Å². The predicted octanol–water partition coefficient (Wildman–Crippen LogP) is 3.06. The van der Waals surface area contributed by atoms with Gasteiger partial charge in [0, 0.05) is 10.9 Å². The first-order valence-electron chi connectivity index (χ1n) is 4.72. The zero-order chi connectivity index (χ0) is 10.6. The minimum absolute atomic E-state index is 0.168. The fraction of sp³-hybridized carbons (Fsp3) is 0.455. The van der Waals surface area contributed by atoms with E-state index < -0.39 is 11.5 Å². The van der Waals surface area contributed by atoms with Crippen LogP contribution in [0.4, 0.5) is 4.39 Å². The second-order valence-corrected chi connectivity index (χ2v) is 4.76. The van der Waals surface area contributed by atoms with Crippen LogP contribution >= 0.6 is 11.8 Å². The molecule has 0 saturated heterocycles. The lowest BCUT2D eigenvalue weighted by atomic mass is 10.1. The van der Waals surface area contributed by atoms with E-state index in [1.54, 1.807) is 0 Å². The summed E-state index contributed by atoms with van der Waals surface area (Å²) < 4.78 is 13.6. The average molecular weight is 213 g/mol. The molecule has 1 aromatic carbocycles. The Kier molecular flexibility index (Phi) is 4.42. The molecule has 14 heavy (non-hydrogen) atoms. The summed E-state index contributed by atoms with van der Waals surface area (Å²) in [5.74, 6) is 0.168. The molecule has 0 bridgehead atoms. The number of halogens is 1. The molecule has 0 saturated carbocycles. The molecular weight excluding hydrogens is 197 g/mol. The Balaban J connectivity index is 2.53. The lowest BCUT2D eigenvalue weighted by molar-refractivity contribution is 0.332. The molecule has 0 spiro atoms. The van der Waals surface area contributed by atoms with Crippen molar-refractivity contribution in [2.75, 3.05) is 0 Å². The van der Waals surface area contributed by atoms with Gasteiger partial charge < -0.3 is 5.73 Å². The maximum atomic E-state index is 13.6. The molecule has 1 aromatic rings. The molecule has 1 rings (SSSR count). The average Bonchev–Trinajstić information content (AvgIpc) is 2.18. The van der Waals surface area contributed by atoms with E-state index in [1.165, 1.54) is 11.8 Å². The summed E-state index contributed by atoms with van der Waals surface area (Å²) in [6, 6.07) is 9.10. The normalized spacial score (nSPS) is 15.5. The van der Waals surface area contributed by atoms with Crippen LogP contribution in [-0.2, 0) is 0 Å². The van der Waals surface area contributed by atoms with E-state index in [0.717, 1.165) is 4.90 Å². The highest BCUT2D eigenvalue weighted by Gasteiger charge is 2.20. The molecule has 3 heteroatoms. The number of hydrogen-bond acceptors (Lipinski definition) is 2. The number of thioether (sulfide) groups is 1. The third kappa shape index (κ3) is 3.31. The topological polar surface area (TPSA) is 26.0 Å². The van der Waals surface area contributed by atoms with Crippen molar-refractivity contribution in [1.29, 1.82) is 0 Å². The highest BCUT2D eigenvalue weighted by atomic mass is 32.2. The highest BCUT2D eigenvalue weighted by Crippen LogP contribution is 2.27. The molecule has 1 nitrogen and oxygen atoms in total. The van der Waals surface area contributed by atoms with Crippen LogP contribution in [0.5, 0.6) is 0 Å². The molecule has 0 amide bonds. The van der Waals surface area contributed by atoms with Gasteiger partial charge in [-0.25, -0.2) is 4.39 Å². The molecule has 0 aromatic heterocycles. The van der Waals surface area contributed by atoms with E-state index in [2.05, 4.69) is 0 Å². The van der Waals surface area contributed by atoms with Gasteiger partial charge in [-0.3, -0.25) is 0 Å². The van der Waals surface area contributed by atoms with Gasteiger partial charge in [-0.1, -0.05) is 43.8 Å². The monoisotopic (exact) mass is 213 g/mol. The van der Waals surface area contributed by atoms with E-state index in [-0.39, 0.29) is 5.92 Å². The van der Waals surface area contributed by atoms with Gasteiger partial charge in [-0.2, -0.15) is 0 Å². The number of rotatable bonds is 4. The molecule has 0 radical (unpaired) electrons. The first-order chi connectivity index (χ1) is 6.61. The second-order valence-electron chi connectivity index (χ2n) is 3.60. The van der Waals surface area contributed by atoms with Crippen molar-refractivity contribution < 1.29 is 4.39 Å². The first kappa shape index (κ1) is 11.5. The SMILES string of the molecule is CC(C)[C@H](N)C(F)Sc1ccccc1. The summed E-state index contributed by atoms with van der Waals surface area (Å²) in [7, 11) is 0. The van der Waals surface area contributed by atoms with E-state index in [4.69, 9.17) is 5.73 Å². The van der Waals surface area contributed by atoms with Crippen LogP contribution in [0.15, 0.2) is 35.2 Å². The first-order valence-corrected chi connectivity index (χ1v) is 5.60. The lowest BCUT2D eigenvalue weighted by Gasteiger charge is -2.19. The van der Waals surface area contributed by atoms with E-state index >= 15 is 0 Å². The standard InChI is InChI=1S/C11H16FNS/c1-8(2)10(13)11(12)14-9-6-4-3-5-7-9/h3-8,10-11H,13H2,1-2H3/t10-,11?/m0/s1. The third-order valence-corrected chi connectivity index (χ3v) is 3.15. The zero-order valence-corrected chi connectivity index (χ0v) is 9.30. The van der Waals surface area contributed by atoms with Crippen molar-refractivity contribution in [3.63, 3.8) is 0 Å². The van der Waals surface area contributed by atoms with Crippen molar-refractivity contribution in [2.24, 2.45) is 11.7 Å². The molecule has 1 unspecified atom stereocenters. The van der Waals surface area contributed by atoms with Crippen molar-refractivity contribution in [3.05, 3.63) is 30.3 Å². The van der Waals surface area contributed by atoms with Gasteiger partial charge in [-0.05, 0) is 18.1 Å². The molecule has 78 valence electrons. The minimum Gasteiger partial charge on any atom is -0.324 e.